The monoisotopic (exact) mass is 235 g/mol. The lowest BCUT2D eigenvalue weighted by atomic mass is 10.3. The summed E-state index contributed by atoms with van der Waals surface area (Å²) in [6.45, 7) is 1.45. The van der Waals surface area contributed by atoms with Crippen LogP contribution in [0.4, 0.5) is 5.69 Å². The minimum atomic E-state index is -0.122. The number of hydrogen-bond donors (Lipinski definition) is 2. The van der Waals surface area contributed by atoms with Crippen LogP contribution in [-0.4, -0.2) is 26.1 Å². The van der Waals surface area contributed by atoms with Crippen LogP contribution in [0.3, 0.4) is 0 Å². The first-order valence-corrected chi connectivity index (χ1v) is 4.96. The predicted molar refractivity (Wildman–Crippen MR) is 60.8 cm³/mol. The fourth-order valence-corrected chi connectivity index (χ4v) is 1.48. The molecular weight excluding hydrogens is 226 g/mol. The Balaban J connectivity index is 2.40. The van der Waals surface area contributed by atoms with E-state index in [4.69, 9.17) is 12.2 Å². The maximum absolute atomic E-state index is 10.9. The van der Waals surface area contributed by atoms with Gasteiger partial charge in [-0.15, -0.1) is 0 Å². The van der Waals surface area contributed by atoms with Gasteiger partial charge in [0.15, 0.2) is 0 Å². The van der Waals surface area contributed by atoms with Gasteiger partial charge in [0, 0.05) is 12.6 Å². The molecule has 0 fully saturated rings. The number of nitrogens with one attached hydrogen (secondary N) is 2. The number of anilines is 1. The van der Waals surface area contributed by atoms with Crippen LogP contribution in [0.25, 0.3) is 5.69 Å². The summed E-state index contributed by atoms with van der Waals surface area (Å²) >= 11 is 4.97. The average molecular weight is 235 g/mol. The van der Waals surface area contributed by atoms with Crippen molar-refractivity contribution in [2.45, 2.75) is 6.92 Å². The number of rotatable bonds is 2. The Morgan fingerprint density at radius 1 is 1.56 bits per heavy atom. The van der Waals surface area contributed by atoms with Crippen molar-refractivity contribution < 1.29 is 4.79 Å². The summed E-state index contributed by atoms with van der Waals surface area (Å²) < 4.78 is 1.88. The minimum absolute atomic E-state index is 0.122. The van der Waals surface area contributed by atoms with E-state index >= 15 is 0 Å². The van der Waals surface area contributed by atoms with E-state index in [0.717, 1.165) is 5.69 Å². The van der Waals surface area contributed by atoms with Crippen molar-refractivity contribution in [1.29, 1.82) is 0 Å². The summed E-state index contributed by atoms with van der Waals surface area (Å²) in [6.07, 6.45) is 0. The number of carbonyl (C=O) groups excluding carboxylic acids is 1. The molecule has 0 aliphatic carbocycles. The normalized spacial score (nSPS) is 10.1. The van der Waals surface area contributed by atoms with Gasteiger partial charge < -0.3 is 5.32 Å². The molecule has 0 bridgehead atoms. The molecule has 0 unspecified atom stereocenters. The topological polar surface area (TPSA) is 75.6 Å². The molecule has 2 aromatic rings. The predicted octanol–water partition coefficient (Wildman–Crippen LogP) is 1.28. The molecule has 2 rings (SSSR count). The first kappa shape index (κ1) is 10.5. The van der Waals surface area contributed by atoms with Crippen molar-refractivity contribution in [3.05, 3.63) is 29.0 Å². The molecule has 6 nitrogen and oxygen atoms in total. The zero-order valence-electron chi connectivity index (χ0n) is 8.47. The van der Waals surface area contributed by atoms with E-state index in [1.165, 1.54) is 6.92 Å². The second-order valence-corrected chi connectivity index (χ2v) is 3.51. The lowest BCUT2D eigenvalue weighted by molar-refractivity contribution is -0.114. The first-order chi connectivity index (χ1) is 7.66. The van der Waals surface area contributed by atoms with E-state index in [-0.39, 0.29) is 5.91 Å². The van der Waals surface area contributed by atoms with E-state index in [1.807, 2.05) is 12.1 Å². The van der Waals surface area contributed by atoms with E-state index in [9.17, 15) is 4.79 Å². The van der Waals surface area contributed by atoms with Gasteiger partial charge in [-0.3, -0.25) is 4.79 Å². The van der Waals surface area contributed by atoms with Gasteiger partial charge in [-0.1, -0.05) is 16.4 Å². The molecule has 2 N–H and O–H groups in total. The number of benzene rings is 1. The van der Waals surface area contributed by atoms with E-state index in [1.54, 1.807) is 16.8 Å². The summed E-state index contributed by atoms with van der Waals surface area (Å²) in [4.78, 5) is 10.9. The molecule has 16 heavy (non-hydrogen) atoms. The highest BCUT2D eigenvalue weighted by Gasteiger charge is 2.01. The first-order valence-electron chi connectivity index (χ1n) is 4.55. The molecular formula is C9H9N5OS. The fraction of sp³-hybridized carbons (Fsp3) is 0.111. The highest BCUT2D eigenvalue weighted by molar-refractivity contribution is 7.71. The van der Waals surface area contributed by atoms with Crippen LogP contribution < -0.4 is 5.32 Å². The van der Waals surface area contributed by atoms with Crippen LogP contribution >= 0.6 is 12.2 Å². The molecule has 0 atom stereocenters. The van der Waals surface area contributed by atoms with Crippen molar-refractivity contribution in [2.75, 3.05) is 5.32 Å². The van der Waals surface area contributed by atoms with Gasteiger partial charge in [0.25, 0.3) is 0 Å². The Bertz CT molecular complexity index is 573. The summed E-state index contributed by atoms with van der Waals surface area (Å²) in [7, 11) is 0. The standard InChI is InChI=1S/C9H9N5OS/c1-6(15)10-7-3-2-4-8(5-7)14-9(16)11-12-13-14/h2-5H,1H3,(H,10,15)(H,11,13,16). The van der Waals surface area contributed by atoms with Crippen molar-refractivity contribution >= 4 is 23.8 Å². The maximum atomic E-state index is 10.9. The third kappa shape index (κ3) is 2.14. The molecule has 0 aliphatic rings. The lowest BCUT2D eigenvalue weighted by Gasteiger charge is -2.05. The highest BCUT2D eigenvalue weighted by atomic mass is 32.1. The smallest absolute Gasteiger partial charge is 0.242 e. The van der Waals surface area contributed by atoms with Crippen molar-refractivity contribution in [3.63, 3.8) is 0 Å². The Kier molecular flexibility index (Phi) is 2.78. The molecule has 1 aromatic carbocycles. The van der Waals surface area contributed by atoms with Crippen LogP contribution in [-0.2, 0) is 4.79 Å². The zero-order chi connectivity index (χ0) is 11.5. The quantitative estimate of drug-likeness (QED) is 0.769. The number of tetrazole rings is 1. The molecule has 0 saturated heterocycles. The Morgan fingerprint density at radius 2 is 2.38 bits per heavy atom. The molecule has 0 aliphatic heterocycles. The second-order valence-electron chi connectivity index (χ2n) is 3.15. The van der Waals surface area contributed by atoms with Gasteiger partial charge in [0.2, 0.25) is 10.7 Å². The number of H-pyrrole nitrogens is 1. The summed E-state index contributed by atoms with van der Waals surface area (Å²) in [5.74, 6) is -0.122. The van der Waals surface area contributed by atoms with Crippen molar-refractivity contribution in [3.8, 4) is 5.69 Å². The lowest BCUT2D eigenvalue weighted by Crippen LogP contribution is -2.06. The van der Waals surface area contributed by atoms with Crippen LogP contribution in [0, 0.1) is 4.77 Å². The maximum Gasteiger partial charge on any atom is 0.242 e. The number of hydrogen-bond acceptors (Lipinski definition) is 4. The van der Waals surface area contributed by atoms with Crippen molar-refractivity contribution in [2.24, 2.45) is 0 Å². The van der Waals surface area contributed by atoms with E-state index < -0.39 is 0 Å². The molecule has 1 amide bonds. The van der Waals surface area contributed by atoms with Gasteiger partial charge in [-0.05, 0) is 30.4 Å². The molecule has 0 spiro atoms. The molecule has 1 aromatic heterocycles. The zero-order valence-corrected chi connectivity index (χ0v) is 9.28. The molecule has 0 saturated carbocycles. The average Bonchev–Trinajstić information content (AvgIpc) is 2.64. The fourth-order valence-electron chi connectivity index (χ4n) is 1.29. The van der Waals surface area contributed by atoms with Crippen molar-refractivity contribution in [1.82, 2.24) is 20.2 Å². The van der Waals surface area contributed by atoms with Crippen LogP contribution in [0.15, 0.2) is 24.3 Å². The number of aromatic nitrogens is 4. The Hall–Kier alpha value is -2.02. The van der Waals surface area contributed by atoms with Crippen LogP contribution in [0.2, 0.25) is 0 Å². The van der Waals surface area contributed by atoms with Gasteiger partial charge in [-0.2, -0.15) is 5.21 Å². The Morgan fingerprint density at radius 3 is 3.00 bits per heavy atom. The Labute approximate surface area is 96.3 Å². The molecule has 7 heteroatoms. The minimum Gasteiger partial charge on any atom is -0.326 e. The number of nitrogens with zero attached hydrogens (tertiary/aromatic N) is 3. The SMILES string of the molecule is CC(=O)Nc1cccc(-n2[nH]nnc2=S)c1. The number of carbonyl (C=O) groups is 1. The molecule has 0 radical (unpaired) electrons. The second kappa shape index (κ2) is 4.23. The molecule has 82 valence electrons. The summed E-state index contributed by atoms with van der Waals surface area (Å²) in [5.41, 5.74) is 1.46. The number of aromatic amines is 1. The van der Waals surface area contributed by atoms with E-state index in [2.05, 4.69) is 20.8 Å². The van der Waals surface area contributed by atoms with Crippen LogP contribution in [0.1, 0.15) is 6.92 Å². The number of amides is 1. The van der Waals surface area contributed by atoms with E-state index in [0.29, 0.717) is 10.5 Å². The third-order valence-corrected chi connectivity index (χ3v) is 2.16. The highest BCUT2D eigenvalue weighted by Crippen LogP contribution is 2.13. The summed E-state index contributed by atoms with van der Waals surface area (Å²) in [5, 5.41) is 12.6. The molecule has 1 heterocycles. The van der Waals surface area contributed by atoms with Gasteiger partial charge in [0.05, 0.1) is 5.69 Å². The largest absolute Gasteiger partial charge is 0.326 e. The van der Waals surface area contributed by atoms with Crippen LogP contribution in [0.5, 0.6) is 0 Å². The van der Waals surface area contributed by atoms with Gasteiger partial charge in [-0.25, -0.2) is 4.68 Å². The van der Waals surface area contributed by atoms with Gasteiger partial charge in [0.1, 0.15) is 0 Å². The summed E-state index contributed by atoms with van der Waals surface area (Å²) in [6, 6.07) is 7.21. The van der Waals surface area contributed by atoms with Gasteiger partial charge >= 0.3 is 0 Å². The third-order valence-electron chi connectivity index (χ3n) is 1.90.